The topological polar surface area (TPSA) is 84.0 Å². The van der Waals surface area contributed by atoms with Crippen LogP contribution in [0.4, 0.5) is 11.4 Å². The highest BCUT2D eigenvalue weighted by Crippen LogP contribution is 2.56. The average Bonchev–Trinajstić information content (AvgIpc) is 3.59. The lowest BCUT2D eigenvalue weighted by molar-refractivity contribution is -0.139. The molecule has 2 aromatic carbocycles. The van der Waals surface area contributed by atoms with Crippen LogP contribution in [0, 0.1) is 43.4 Å². The number of aryl methyl sites for hydroxylation is 2. The molecule has 2 aliphatic carbocycles. The van der Waals surface area contributed by atoms with Gasteiger partial charge in [-0.25, -0.2) is 4.90 Å². The number of hydrogen-bond donors (Lipinski definition) is 0. The molecule has 7 heteroatoms. The van der Waals surface area contributed by atoms with Gasteiger partial charge < -0.3 is 9.64 Å². The summed E-state index contributed by atoms with van der Waals surface area (Å²) in [6.07, 6.45) is 3.18. The molecule has 0 aromatic heterocycles. The van der Waals surface area contributed by atoms with Crippen LogP contribution in [-0.2, 0) is 19.2 Å². The predicted molar refractivity (Wildman–Crippen MR) is 129 cm³/mol. The number of amides is 3. The van der Waals surface area contributed by atoms with Crippen molar-refractivity contribution < 1.29 is 23.9 Å². The second-order valence-corrected chi connectivity index (χ2v) is 10.5. The van der Waals surface area contributed by atoms with Crippen LogP contribution in [-0.4, -0.2) is 30.2 Å². The zero-order valence-corrected chi connectivity index (χ0v) is 19.9. The molecule has 0 N–H and O–H groups in total. The zero-order chi connectivity index (χ0) is 24.4. The summed E-state index contributed by atoms with van der Waals surface area (Å²) in [5, 5.41) is 0. The van der Waals surface area contributed by atoms with Gasteiger partial charge in [0.1, 0.15) is 5.75 Å². The summed E-state index contributed by atoms with van der Waals surface area (Å²) in [4.78, 5) is 54.6. The van der Waals surface area contributed by atoms with Crippen molar-refractivity contribution in [3.05, 3.63) is 53.6 Å². The molecular formula is C28H28N2O5. The molecule has 7 nitrogen and oxygen atoms in total. The number of benzene rings is 2. The van der Waals surface area contributed by atoms with Crippen molar-refractivity contribution in [3.63, 3.8) is 0 Å². The molecule has 4 fully saturated rings. The van der Waals surface area contributed by atoms with Crippen LogP contribution in [0.1, 0.15) is 36.8 Å². The first kappa shape index (κ1) is 22.0. The van der Waals surface area contributed by atoms with E-state index in [4.69, 9.17) is 4.74 Å². The quantitative estimate of drug-likeness (QED) is 0.384. The van der Waals surface area contributed by atoms with Gasteiger partial charge in [-0.05, 0) is 80.8 Å². The van der Waals surface area contributed by atoms with E-state index in [0.29, 0.717) is 28.8 Å². The van der Waals surface area contributed by atoms with Crippen LogP contribution < -0.4 is 14.5 Å². The van der Waals surface area contributed by atoms with Gasteiger partial charge >= 0.3 is 5.97 Å². The summed E-state index contributed by atoms with van der Waals surface area (Å²) in [7, 11) is 0. The Bertz CT molecular complexity index is 1220. The fraction of sp³-hybridized carbons (Fsp3) is 0.429. The Hall–Kier alpha value is -3.48. The molecule has 180 valence electrons. The van der Waals surface area contributed by atoms with Crippen LogP contribution in [0.15, 0.2) is 42.5 Å². The van der Waals surface area contributed by atoms with E-state index in [1.807, 2.05) is 38.1 Å². The minimum Gasteiger partial charge on any atom is -0.426 e. The lowest BCUT2D eigenvalue weighted by atomic mass is 9.81. The SMILES string of the molecule is Cc1ccc(N2C[C@H](C(=O)Oc3ccc(N4C(=O)[C@H]5[C@H]6CC[C@@H](C6)[C@@H]5C4=O)c(C)c3)CC2=O)cc1. The molecule has 2 heterocycles. The molecule has 2 saturated heterocycles. The van der Waals surface area contributed by atoms with Gasteiger partial charge in [0.05, 0.1) is 23.4 Å². The fourth-order valence-electron chi connectivity index (χ4n) is 6.63. The number of ether oxygens (including phenoxy) is 1. The molecule has 0 radical (unpaired) electrons. The lowest BCUT2D eigenvalue weighted by Gasteiger charge is -2.20. The molecule has 35 heavy (non-hydrogen) atoms. The number of fused-ring (bicyclic) bond motifs is 5. The second-order valence-electron chi connectivity index (χ2n) is 10.5. The molecule has 6 rings (SSSR count). The summed E-state index contributed by atoms with van der Waals surface area (Å²) < 4.78 is 5.61. The van der Waals surface area contributed by atoms with E-state index in [0.717, 1.165) is 30.5 Å². The zero-order valence-electron chi connectivity index (χ0n) is 19.9. The van der Waals surface area contributed by atoms with Crippen molar-refractivity contribution in [1.82, 2.24) is 0 Å². The van der Waals surface area contributed by atoms with E-state index in [1.165, 1.54) is 4.90 Å². The monoisotopic (exact) mass is 472 g/mol. The van der Waals surface area contributed by atoms with E-state index < -0.39 is 11.9 Å². The van der Waals surface area contributed by atoms with E-state index in [-0.39, 0.29) is 42.5 Å². The van der Waals surface area contributed by atoms with Gasteiger partial charge in [0.25, 0.3) is 0 Å². The third kappa shape index (κ3) is 3.48. The molecule has 4 aliphatic rings. The van der Waals surface area contributed by atoms with Crippen LogP contribution in [0.25, 0.3) is 0 Å². The van der Waals surface area contributed by atoms with Gasteiger partial charge in [-0.2, -0.15) is 0 Å². The van der Waals surface area contributed by atoms with Crippen LogP contribution in [0.5, 0.6) is 5.75 Å². The first-order valence-corrected chi connectivity index (χ1v) is 12.4. The maximum Gasteiger partial charge on any atom is 0.316 e. The summed E-state index contributed by atoms with van der Waals surface area (Å²) in [6, 6.07) is 12.6. The van der Waals surface area contributed by atoms with Gasteiger partial charge in [-0.15, -0.1) is 0 Å². The Labute approximate surface area is 204 Å². The van der Waals surface area contributed by atoms with E-state index in [2.05, 4.69) is 0 Å². The average molecular weight is 473 g/mol. The number of rotatable bonds is 4. The van der Waals surface area contributed by atoms with Crippen molar-refractivity contribution in [1.29, 1.82) is 0 Å². The standard InChI is InChI=1S/C28H28N2O5/c1-15-3-7-20(8-4-15)29-14-19(13-23(29)31)28(34)35-21-9-10-22(16(2)11-21)30-26(32)24-17-5-6-18(12-17)25(24)27(30)33/h3-4,7-11,17-19,24-25H,5-6,12-14H2,1-2H3/t17-,18-,19+,24-,25-/m0/s1. The first-order chi connectivity index (χ1) is 16.8. The summed E-state index contributed by atoms with van der Waals surface area (Å²) >= 11 is 0. The van der Waals surface area contributed by atoms with Gasteiger partial charge in [-0.1, -0.05) is 17.7 Å². The highest BCUT2D eigenvalue weighted by Gasteiger charge is 2.61. The Morgan fingerprint density at radius 2 is 1.57 bits per heavy atom. The molecule has 0 spiro atoms. The number of carbonyl (C=O) groups excluding carboxylic acids is 4. The number of esters is 1. The summed E-state index contributed by atoms with van der Waals surface area (Å²) in [5.41, 5.74) is 3.14. The highest BCUT2D eigenvalue weighted by atomic mass is 16.5. The normalized spacial score (nSPS) is 29.3. The molecule has 5 atom stereocenters. The number of anilines is 2. The number of hydrogen-bond acceptors (Lipinski definition) is 5. The van der Waals surface area contributed by atoms with Crippen LogP contribution in [0.3, 0.4) is 0 Å². The van der Waals surface area contributed by atoms with Crippen molar-refractivity contribution in [2.75, 3.05) is 16.3 Å². The van der Waals surface area contributed by atoms with Crippen molar-refractivity contribution >= 4 is 35.1 Å². The fourth-order valence-corrected chi connectivity index (χ4v) is 6.63. The molecule has 2 bridgehead atoms. The van der Waals surface area contributed by atoms with E-state index in [9.17, 15) is 19.2 Å². The van der Waals surface area contributed by atoms with Gasteiger partial charge in [0, 0.05) is 18.7 Å². The highest BCUT2D eigenvalue weighted by molar-refractivity contribution is 6.23. The van der Waals surface area contributed by atoms with E-state index >= 15 is 0 Å². The third-order valence-electron chi connectivity index (χ3n) is 8.36. The molecule has 2 aromatic rings. The lowest BCUT2D eigenvalue weighted by Crippen LogP contribution is -2.33. The second kappa shape index (κ2) is 8.04. The Balaban J connectivity index is 1.15. The number of imide groups is 1. The number of nitrogens with zero attached hydrogens (tertiary/aromatic N) is 2. The molecular weight excluding hydrogens is 444 g/mol. The Morgan fingerprint density at radius 3 is 2.20 bits per heavy atom. The Kier molecular flexibility index (Phi) is 5.06. The molecule has 2 aliphatic heterocycles. The Morgan fingerprint density at radius 1 is 0.914 bits per heavy atom. The van der Waals surface area contributed by atoms with Gasteiger partial charge in [0.2, 0.25) is 17.7 Å². The largest absolute Gasteiger partial charge is 0.426 e. The number of carbonyl (C=O) groups is 4. The van der Waals surface area contributed by atoms with Gasteiger partial charge in [-0.3, -0.25) is 19.2 Å². The van der Waals surface area contributed by atoms with Crippen LogP contribution in [0.2, 0.25) is 0 Å². The third-order valence-corrected chi connectivity index (χ3v) is 8.36. The molecule has 3 amide bonds. The minimum absolute atomic E-state index is 0.0827. The predicted octanol–water partition coefficient (Wildman–Crippen LogP) is 3.80. The van der Waals surface area contributed by atoms with Gasteiger partial charge in [0.15, 0.2) is 0 Å². The summed E-state index contributed by atoms with van der Waals surface area (Å²) in [5.74, 6) is -0.615. The van der Waals surface area contributed by atoms with Crippen molar-refractivity contribution in [2.24, 2.45) is 29.6 Å². The molecule has 0 unspecified atom stereocenters. The van der Waals surface area contributed by atoms with E-state index in [1.54, 1.807) is 23.1 Å². The van der Waals surface area contributed by atoms with Crippen molar-refractivity contribution in [3.8, 4) is 5.75 Å². The smallest absolute Gasteiger partial charge is 0.316 e. The van der Waals surface area contributed by atoms with Crippen molar-refractivity contribution in [2.45, 2.75) is 39.5 Å². The maximum absolute atomic E-state index is 13.2. The first-order valence-electron chi connectivity index (χ1n) is 12.4. The molecule has 2 saturated carbocycles. The maximum atomic E-state index is 13.2. The summed E-state index contributed by atoms with van der Waals surface area (Å²) in [6.45, 7) is 4.07. The minimum atomic E-state index is -0.555. The van der Waals surface area contributed by atoms with Crippen LogP contribution >= 0.6 is 0 Å².